The number of carbonyl (C=O) groups is 1. The highest BCUT2D eigenvalue weighted by atomic mass is 16.5. The molecule has 0 atom stereocenters. The number of aliphatic carboxylic acids is 1. The Morgan fingerprint density at radius 2 is 2.29 bits per heavy atom. The minimum absolute atomic E-state index is 0.101. The van der Waals surface area contributed by atoms with Crippen molar-refractivity contribution < 1.29 is 19.4 Å². The summed E-state index contributed by atoms with van der Waals surface area (Å²) in [4.78, 5) is 10.4. The molecule has 17 heavy (non-hydrogen) atoms. The lowest BCUT2D eigenvalue weighted by Gasteiger charge is -2.04. The lowest BCUT2D eigenvalue weighted by molar-refractivity contribution is -0.137. The number of tetrazole rings is 1. The van der Waals surface area contributed by atoms with Crippen LogP contribution in [0.1, 0.15) is 18.7 Å². The second-order valence-electron chi connectivity index (χ2n) is 3.36. The summed E-state index contributed by atoms with van der Waals surface area (Å²) in [6.45, 7) is 1.75. The summed E-state index contributed by atoms with van der Waals surface area (Å²) in [5.74, 6) is -0.234. The first-order valence-electron chi connectivity index (χ1n) is 5.27. The molecule has 1 aromatic heterocycles. The molecule has 1 rings (SSSR count). The second kappa shape index (κ2) is 7.69. The average molecular weight is 244 g/mol. The van der Waals surface area contributed by atoms with Crippen molar-refractivity contribution in [3.63, 3.8) is 0 Å². The molecule has 0 amide bonds. The van der Waals surface area contributed by atoms with Crippen LogP contribution in [0.25, 0.3) is 0 Å². The Kier molecular flexibility index (Phi) is 6.12. The minimum atomic E-state index is -0.823. The van der Waals surface area contributed by atoms with Crippen LogP contribution in [0.3, 0.4) is 0 Å². The number of nitrogens with zero attached hydrogens (tertiary/aromatic N) is 4. The third-order valence-electron chi connectivity index (χ3n) is 2.03. The molecule has 0 unspecified atom stereocenters. The molecule has 0 aromatic carbocycles. The van der Waals surface area contributed by atoms with Crippen LogP contribution in [-0.2, 0) is 27.4 Å². The molecule has 1 heterocycles. The molecule has 0 radical (unpaired) electrons. The number of methoxy groups -OCH3 is 1. The van der Waals surface area contributed by atoms with E-state index in [1.165, 1.54) is 0 Å². The molecule has 0 saturated carbocycles. The molecule has 0 aliphatic rings. The Balaban J connectivity index is 2.29. The van der Waals surface area contributed by atoms with Crippen LogP contribution in [0.4, 0.5) is 0 Å². The molecule has 0 saturated heterocycles. The molecule has 0 bridgehead atoms. The summed E-state index contributed by atoms with van der Waals surface area (Å²) in [7, 11) is 1.60. The lowest BCUT2D eigenvalue weighted by Crippen LogP contribution is -2.10. The van der Waals surface area contributed by atoms with E-state index in [1.54, 1.807) is 11.8 Å². The number of carboxylic acids is 1. The molecule has 8 nitrogen and oxygen atoms in total. The fraction of sp³-hybridized carbons (Fsp3) is 0.778. The van der Waals surface area contributed by atoms with Crippen molar-refractivity contribution in [2.45, 2.75) is 26.0 Å². The topological polar surface area (TPSA) is 99.4 Å². The Morgan fingerprint density at radius 1 is 1.47 bits per heavy atom. The maximum atomic E-state index is 10.4. The van der Waals surface area contributed by atoms with Gasteiger partial charge in [0.1, 0.15) is 6.61 Å². The Labute approximate surface area is 98.5 Å². The summed E-state index contributed by atoms with van der Waals surface area (Å²) in [5, 5.41) is 19.6. The SMILES string of the molecule is COCCOCc1nnnn1CCCC(=O)O. The van der Waals surface area contributed by atoms with E-state index in [2.05, 4.69) is 15.5 Å². The zero-order chi connectivity index (χ0) is 12.5. The Bertz CT molecular complexity index is 341. The van der Waals surface area contributed by atoms with E-state index in [4.69, 9.17) is 14.6 Å². The van der Waals surface area contributed by atoms with Gasteiger partial charge in [-0.1, -0.05) is 0 Å². The molecule has 0 aliphatic carbocycles. The fourth-order valence-corrected chi connectivity index (χ4v) is 1.19. The minimum Gasteiger partial charge on any atom is -0.481 e. The molecule has 8 heteroatoms. The quantitative estimate of drug-likeness (QED) is 0.595. The van der Waals surface area contributed by atoms with Crippen molar-refractivity contribution >= 4 is 5.97 Å². The van der Waals surface area contributed by atoms with Crippen molar-refractivity contribution in [1.29, 1.82) is 0 Å². The first-order chi connectivity index (χ1) is 8.24. The van der Waals surface area contributed by atoms with Gasteiger partial charge >= 0.3 is 5.97 Å². The van der Waals surface area contributed by atoms with Crippen LogP contribution >= 0.6 is 0 Å². The van der Waals surface area contributed by atoms with Gasteiger partial charge in [0.2, 0.25) is 0 Å². The van der Waals surface area contributed by atoms with Crippen LogP contribution in [-0.4, -0.2) is 51.6 Å². The summed E-state index contributed by atoms with van der Waals surface area (Å²) in [6.07, 6.45) is 0.593. The highest BCUT2D eigenvalue weighted by molar-refractivity contribution is 5.66. The van der Waals surface area contributed by atoms with E-state index in [0.717, 1.165) is 0 Å². The van der Waals surface area contributed by atoms with Gasteiger partial charge in [-0.15, -0.1) is 5.10 Å². The van der Waals surface area contributed by atoms with Crippen LogP contribution < -0.4 is 0 Å². The average Bonchev–Trinajstić information content (AvgIpc) is 2.72. The van der Waals surface area contributed by atoms with Crippen LogP contribution in [0.15, 0.2) is 0 Å². The van der Waals surface area contributed by atoms with Gasteiger partial charge in [0.15, 0.2) is 5.82 Å². The van der Waals surface area contributed by atoms with E-state index in [0.29, 0.717) is 38.6 Å². The third-order valence-corrected chi connectivity index (χ3v) is 2.03. The molecule has 96 valence electrons. The van der Waals surface area contributed by atoms with Gasteiger partial charge in [-0.25, -0.2) is 4.68 Å². The van der Waals surface area contributed by atoms with Gasteiger partial charge in [0.25, 0.3) is 0 Å². The molecule has 1 N–H and O–H groups in total. The van der Waals surface area contributed by atoms with E-state index >= 15 is 0 Å². The maximum absolute atomic E-state index is 10.4. The fourth-order valence-electron chi connectivity index (χ4n) is 1.19. The first kappa shape index (κ1) is 13.5. The van der Waals surface area contributed by atoms with E-state index in [1.807, 2.05) is 0 Å². The van der Waals surface area contributed by atoms with Crippen LogP contribution in [0, 0.1) is 0 Å². The first-order valence-corrected chi connectivity index (χ1v) is 5.27. The number of hydrogen-bond donors (Lipinski definition) is 1. The largest absolute Gasteiger partial charge is 0.481 e. The number of ether oxygens (including phenoxy) is 2. The molecular formula is C9H16N4O4. The normalized spacial score (nSPS) is 10.6. The summed E-state index contributed by atoms with van der Waals surface area (Å²) < 4.78 is 11.7. The van der Waals surface area contributed by atoms with Crippen molar-refractivity contribution in [1.82, 2.24) is 20.2 Å². The van der Waals surface area contributed by atoms with E-state index in [-0.39, 0.29) is 6.42 Å². The Morgan fingerprint density at radius 3 is 3.00 bits per heavy atom. The highest BCUT2D eigenvalue weighted by Crippen LogP contribution is 1.99. The number of rotatable bonds is 9. The number of carboxylic acid groups (broad SMARTS) is 1. The highest BCUT2D eigenvalue weighted by Gasteiger charge is 2.06. The second-order valence-corrected chi connectivity index (χ2v) is 3.36. The predicted octanol–water partition coefficient (Wildman–Crippen LogP) is -0.299. The van der Waals surface area contributed by atoms with E-state index < -0.39 is 5.97 Å². The molecule has 0 spiro atoms. The standard InChI is InChI=1S/C9H16N4O4/c1-16-5-6-17-7-8-10-11-12-13(8)4-2-3-9(14)15/h2-7H2,1H3,(H,14,15). The van der Waals surface area contributed by atoms with Gasteiger partial charge in [-0.2, -0.15) is 0 Å². The maximum Gasteiger partial charge on any atom is 0.303 e. The predicted molar refractivity (Wildman–Crippen MR) is 56.2 cm³/mol. The van der Waals surface area contributed by atoms with Gasteiger partial charge in [0.05, 0.1) is 13.2 Å². The molecule has 0 fully saturated rings. The summed E-state index contributed by atoms with van der Waals surface area (Å²) in [5.41, 5.74) is 0. The Hall–Kier alpha value is -1.54. The van der Waals surface area contributed by atoms with Crippen molar-refractivity contribution in [3.8, 4) is 0 Å². The van der Waals surface area contributed by atoms with E-state index in [9.17, 15) is 4.79 Å². The van der Waals surface area contributed by atoms with Crippen LogP contribution in [0.5, 0.6) is 0 Å². The van der Waals surface area contributed by atoms with Gasteiger partial charge in [-0.05, 0) is 16.8 Å². The zero-order valence-electron chi connectivity index (χ0n) is 9.70. The number of aromatic nitrogens is 4. The number of hydrogen-bond acceptors (Lipinski definition) is 6. The van der Waals surface area contributed by atoms with Crippen molar-refractivity contribution in [3.05, 3.63) is 5.82 Å². The zero-order valence-corrected chi connectivity index (χ0v) is 9.70. The van der Waals surface area contributed by atoms with Gasteiger partial charge in [-0.3, -0.25) is 4.79 Å². The van der Waals surface area contributed by atoms with Crippen molar-refractivity contribution in [2.75, 3.05) is 20.3 Å². The molecule has 0 aliphatic heterocycles. The monoisotopic (exact) mass is 244 g/mol. The van der Waals surface area contributed by atoms with Gasteiger partial charge in [0, 0.05) is 20.1 Å². The smallest absolute Gasteiger partial charge is 0.303 e. The molecule has 1 aromatic rings. The van der Waals surface area contributed by atoms with Crippen molar-refractivity contribution in [2.24, 2.45) is 0 Å². The number of aryl methyl sites for hydroxylation is 1. The van der Waals surface area contributed by atoms with Crippen LogP contribution in [0.2, 0.25) is 0 Å². The summed E-state index contributed by atoms with van der Waals surface area (Å²) >= 11 is 0. The molecular weight excluding hydrogens is 228 g/mol. The third kappa shape index (κ3) is 5.36. The summed E-state index contributed by atoms with van der Waals surface area (Å²) in [6, 6.07) is 0. The van der Waals surface area contributed by atoms with Gasteiger partial charge < -0.3 is 14.6 Å². The lowest BCUT2D eigenvalue weighted by atomic mass is 10.3.